The third kappa shape index (κ3) is 3.30. The van der Waals surface area contributed by atoms with Crippen LogP contribution in [0.2, 0.25) is 0 Å². The Kier molecular flexibility index (Phi) is 4.42. The van der Waals surface area contributed by atoms with Gasteiger partial charge in [-0.15, -0.1) is 0 Å². The van der Waals surface area contributed by atoms with E-state index in [-0.39, 0.29) is 11.9 Å². The van der Waals surface area contributed by atoms with Crippen molar-refractivity contribution in [2.75, 3.05) is 0 Å². The van der Waals surface area contributed by atoms with Crippen molar-refractivity contribution in [3.05, 3.63) is 60.2 Å². The molecule has 0 saturated heterocycles. The number of aromatic hydroxyl groups is 1. The number of hydrogen-bond donors (Lipinski definition) is 1. The molecule has 1 aliphatic carbocycles. The van der Waals surface area contributed by atoms with Gasteiger partial charge in [0.2, 0.25) is 0 Å². The quantitative estimate of drug-likeness (QED) is 0.679. The molecule has 1 fully saturated rings. The van der Waals surface area contributed by atoms with Gasteiger partial charge in [0.05, 0.1) is 5.92 Å². The summed E-state index contributed by atoms with van der Waals surface area (Å²) in [6.07, 6.45) is 3.44. The van der Waals surface area contributed by atoms with Crippen LogP contribution in [0.3, 0.4) is 0 Å². The fraction of sp³-hybridized carbons (Fsp3) is 0.316. The molecular formula is C19H20O3. The third-order valence-corrected chi connectivity index (χ3v) is 4.40. The normalized spacial score (nSPS) is 21.3. The number of hydrogen-bond acceptors (Lipinski definition) is 3. The van der Waals surface area contributed by atoms with Crippen molar-refractivity contribution < 1.29 is 14.6 Å². The molecule has 2 aromatic carbocycles. The van der Waals surface area contributed by atoms with E-state index < -0.39 is 0 Å². The number of esters is 1. The van der Waals surface area contributed by atoms with E-state index in [2.05, 4.69) is 0 Å². The van der Waals surface area contributed by atoms with Gasteiger partial charge in [0.25, 0.3) is 0 Å². The molecule has 2 aromatic rings. The smallest absolute Gasteiger partial charge is 0.314 e. The van der Waals surface area contributed by atoms with Gasteiger partial charge in [0, 0.05) is 0 Å². The Morgan fingerprint density at radius 2 is 1.55 bits per heavy atom. The van der Waals surface area contributed by atoms with Gasteiger partial charge >= 0.3 is 5.97 Å². The van der Waals surface area contributed by atoms with Crippen LogP contribution in [0.5, 0.6) is 11.5 Å². The van der Waals surface area contributed by atoms with Crippen LogP contribution in [0.15, 0.2) is 54.6 Å². The maximum atomic E-state index is 12.2. The second-order valence-electron chi connectivity index (χ2n) is 5.84. The minimum absolute atomic E-state index is 0.0395. The number of ether oxygens (including phenoxy) is 1. The summed E-state index contributed by atoms with van der Waals surface area (Å²) in [5.41, 5.74) is 0.998. The summed E-state index contributed by atoms with van der Waals surface area (Å²) >= 11 is 0. The molecule has 0 atom stereocenters. The summed E-state index contributed by atoms with van der Waals surface area (Å²) in [7, 11) is 0. The summed E-state index contributed by atoms with van der Waals surface area (Å²) in [6, 6.07) is 16.7. The maximum Gasteiger partial charge on any atom is 0.314 e. The molecule has 1 N–H and O–H groups in total. The van der Waals surface area contributed by atoms with Crippen LogP contribution in [0, 0.1) is 5.92 Å². The molecule has 3 nitrogen and oxygen atoms in total. The molecule has 22 heavy (non-hydrogen) atoms. The first kappa shape index (κ1) is 14.6. The minimum Gasteiger partial charge on any atom is -0.508 e. The molecule has 0 amide bonds. The lowest BCUT2D eigenvalue weighted by Gasteiger charge is -2.27. The summed E-state index contributed by atoms with van der Waals surface area (Å²) < 4.78 is 5.43. The maximum absolute atomic E-state index is 12.2. The molecule has 0 heterocycles. The van der Waals surface area contributed by atoms with E-state index in [0.29, 0.717) is 17.4 Å². The second-order valence-corrected chi connectivity index (χ2v) is 5.84. The molecular weight excluding hydrogens is 276 g/mol. The van der Waals surface area contributed by atoms with Crippen LogP contribution in [0.4, 0.5) is 0 Å². The Balaban J connectivity index is 1.58. The van der Waals surface area contributed by atoms with Gasteiger partial charge in [-0.2, -0.15) is 0 Å². The van der Waals surface area contributed by atoms with E-state index in [1.54, 1.807) is 18.2 Å². The van der Waals surface area contributed by atoms with Gasteiger partial charge in [-0.05, 0) is 55.4 Å². The van der Waals surface area contributed by atoms with Crippen LogP contribution in [-0.2, 0) is 4.79 Å². The highest BCUT2D eigenvalue weighted by atomic mass is 16.5. The van der Waals surface area contributed by atoms with E-state index >= 15 is 0 Å². The Labute approximate surface area is 130 Å². The molecule has 3 heteroatoms. The number of rotatable bonds is 3. The Hall–Kier alpha value is -2.29. The predicted molar refractivity (Wildman–Crippen MR) is 84.9 cm³/mol. The Bertz CT molecular complexity index is 628. The van der Waals surface area contributed by atoms with E-state index in [4.69, 9.17) is 4.74 Å². The zero-order valence-corrected chi connectivity index (χ0v) is 12.4. The van der Waals surface area contributed by atoms with Crippen molar-refractivity contribution in [3.8, 4) is 11.5 Å². The highest BCUT2D eigenvalue weighted by Crippen LogP contribution is 2.39. The number of benzene rings is 2. The Morgan fingerprint density at radius 1 is 0.909 bits per heavy atom. The standard InChI is InChI=1S/C19H20O3/c20-18-9-5-4-8-17(18)14-10-12-15(13-11-14)19(21)22-16-6-2-1-3-7-16/h1-9,14-15,20H,10-13H2. The summed E-state index contributed by atoms with van der Waals surface area (Å²) in [5.74, 6) is 1.12. The number of carbonyl (C=O) groups excluding carboxylic acids is 1. The number of phenolic OH excluding ortho intramolecular Hbond substituents is 1. The fourth-order valence-electron chi connectivity index (χ4n) is 3.16. The van der Waals surface area contributed by atoms with Gasteiger partial charge in [0.15, 0.2) is 0 Å². The lowest BCUT2D eigenvalue weighted by Crippen LogP contribution is -2.25. The number of carbonyl (C=O) groups is 1. The van der Waals surface area contributed by atoms with Crippen molar-refractivity contribution in [3.63, 3.8) is 0 Å². The molecule has 1 saturated carbocycles. The molecule has 0 unspecified atom stereocenters. The van der Waals surface area contributed by atoms with Crippen LogP contribution >= 0.6 is 0 Å². The molecule has 114 valence electrons. The van der Waals surface area contributed by atoms with E-state index in [0.717, 1.165) is 31.2 Å². The first-order chi connectivity index (χ1) is 10.7. The molecule has 0 spiro atoms. The van der Waals surface area contributed by atoms with Gasteiger partial charge < -0.3 is 9.84 Å². The van der Waals surface area contributed by atoms with Crippen molar-refractivity contribution in [2.24, 2.45) is 5.92 Å². The van der Waals surface area contributed by atoms with Crippen molar-refractivity contribution >= 4 is 5.97 Å². The van der Waals surface area contributed by atoms with E-state index in [1.807, 2.05) is 36.4 Å². The highest BCUT2D eigenvalue weighted by Gasteiger charge is 2.29. The van der Waals surface area contributed by atoms with Crippen molar-refractivity contribution in [1.82, 2.24) is 0 Å². The van der Waals surface area contributed by atoms with Gasteiger partial charge in [-0.3, -0.25) is 4.79 Å². The molecule has 0 aromatic heterocycles. The molecule has 3 rings (SSSR count). The molecule has 0 radical (unpaired) electrons. The first-order valence-electron chi connectivity index (χ1n) is 7.78. The monoisotopic (exact) mass is 296 g/mol. The van der Waals surface area contributed by atoms with Crippen LogP contribution < -0.4 is 4.74 Å². The van der Waals surface area contributed by atoms with Crippen LogP contribution in [-0.4, -0.2) is 11.1 Å². The SMILES string of the molecule is O=C(Oc1ccccc1)C1CCC(c2ccccc2O)CC1. The second kappa shape index (κ2) is 6.65. The van der Waals surface area contributed by atoms with Crippen LogP contribution in [0.1, 0.15) is 37.2 Å². The minimum atomic E-state index is -0.137. The van der Waals surface area contributed by atoms with Crippen molar-refractivity contribution in [1.29, 1.82) is 0 Å². The third-order valence-electron chi connectivity index (χ3n) is 4.40. The molecule has 0 aliphatic heterocycles. The Morgan fingerprint density at radius 3 is 2.23 bits per heavy atom. The first-order valence-corrected chi connectivity index (χ1v) is 7.78. The zero-order valence-electron chi connectivity index (χ0n) is 12.4. The average molecular weight is 296 g/mol. The largest absolute Gasteiger partial charge is 0.508 e. The summed E-state index contributed by atoms with van der Waals surface area (Å²) in [6.45, 7) is 0. The lowest BCUT2D eigenvalue weighted by molar-refractivity contribution is -0.140. The summed E-state index contributed by atoms with van der Waals surface area (Å²) in [4.78, 5) is 12.2. The highest BCUT2D eigenvalue weighted by molar-refractivity contribution is 5.75. The van der Waals surface area contributed by atoms with Gasteiger partial charge in [-0.1, -0.05) is 36.4 Å². The molecule has 1 aliphatic rings. The predicted octanol–water partition coefficient (Wildman–Crippen LogP) is 4.27. The zero-order chi connectivity index (χ0) is 15.4. The average Bonchev–Trinajstić information content (AvgIpc) is 2.56. The van der Waals surface area contributed by atoms with Gasteiger partial charge in [0.1, 0.15) is 11.5 Å². The molecule has 0 bridgehead atoms. The van der Waals surface area contributed by atoms with Crippen LogP contribution in [0.25, 0.3) is 0 Å². The van der Waals surface area contributed by atoms with Crippen molar-refractivity contribution in [2.45, 2.75) is 31.6 Å². The van der Waals surface area contributed by atoms with E-state index in [1.165, 1.54) is 0 Å². The van der Waals surface area contributed by atoms with E-state index in [9.17, 15) is 9.90 Å². The lowest BCUT2D eigenvalue weighted by atomic mass is 9.78. The fourth-order valence-corrected chi connectivity index (χ4v) is 3.16. The summed E-state index contributed by atoms with van der Waals surface area (Å²) in [5, 5.41) is 9.94. The number of para-hydroxylation sites is 2. The number of phenols is 1. The van der Waals surface area contributed by atoms with Gasteiger partial charge in [-0.25, -0.2) is 0 Å². The topological polar surface area (TPSA) is 46.5 Å².